The average Bonchev–Trinajstić information content (AvgIpc) is 2.76. The van der Waals surface area contributed by atoms with Gasteiger partial charge in [0.05, 0.1) is 11.9 Å². The molecule has 0 aromatic carbocycles. The summed E-state index contributed by atoms with van der Waals surface area (Å²) in [6.07, 6.45) is 11.9. The third kappa shape index (κ3) is 3.22. The van der Waals surface area contributed by atoms with Crippen molar-refractivity contribution in [2.24, 2.45) is 7.05 Å². The van der Waals surface area contributed by atoms with Crippen molar-refractivity contribution < 1.29 is 0 Å². The van der Waals surface area contributed by atoms with Gasteiger partial charge in [0.15, 0.2) is 0 Å². The van der Waals surface area contributed by atoms with E-state index in [2.05, 4.69) is 22.8 Å². The van der Waals surface area contributed by atoms with E-state index in [1.54, 1.807) is 0 Å². The Bertz CT molecular complexity index is 339. The normalized spacial score (nSPS) is 19.2. The van der Waals surface area contributed by atoms with Crippen molar-refractivity contribution in [2.75, 3.05) is 18.9 Å². The minimum absolute atomic E-state index is 0.369. The lowest BCUT2D eigenvalue weighted by atomic mass is 9.79. The lowest BCUT2D eigenvalue weighted by Gasteiger charge is -2.37. The number of hydrogen-bond donors (Lipinski definition) is 2. The first kappa shape index (κ1) is 12.4. The second kappa shape index (κ2) is 5.54. The van der Waals surface area contributed by atoms with Gasteiger partial charge in [-0.15, -0.1) is 0 Å². The minimum atomic E-state index is 0.369. The van der Waals surface area contributed by atoms with Crippen molar-refractivity contribution in [3.05, 3.63) is 12.4 Å². The maximum Gasteiger partial charge on any atom is 0.0726 e. The van der Waals surface area contributed by atoms with Crippen LogP contribution in [0.15, 0.2) is 12.4 Å². The van der Waals surface area contributed by atoms with Crippen molar-refractivity contribution in [3.63, 3.8) is 0 Å². The van der Waals surface area contributed by atoms with Gasteiger partial charge in [0.25, 0.3) is 0 Å². The van der Waals surface area contributed by atoms with Gasteiger partial charge >= 0.3 is 0 Å². The van der Waals surface area contributed by atoms with E-state index in [1.165, 1.54) is 38.5 Å². The van der Waals surface area contributed by atoms with Gasteiger partial charge in [0.1, 0.15) is 0 Å². The molecule has 1 aromatic rings. The van der Waals surface area contributed by atoms with Crippen LogP contribution in [-0.2, 0) is 7.05 Å². The molecular formula is C13H24N4. The SMILES string of the molecule is CNC1(CCNc2cnn(C)c2)CCCCC1. The lowest BCUT2D eigenvalue weighted by molar-refractivity contribution is 0.235. The molecule has 0 saturated heterocycles. The molecule has 1 aliphatic carbocycles. The van der Waals surface area contributed by atoms with E-state index in [0.717, 1.165) is 12.2 Å². The Labute approximate surface area is 104 Å². The molecule has 0 amide bonds. The second-order valence-electron chi connectivity index (χ2n) is 5.17. The number of nitrogens with zero attached hydrogens (tertiary/aromatic N) is 2. The molecule has 2 N–H and O–H groups in total. The third-order valence-electron chi connectivity index (χ3n) is 3.98. The molecule has 0 bridgehead atoms. The maximum absolute atomic E-state index is 4.16. The molecular weight excluding hydrogens is 212 g/mol. The Morgan fingerprint density at radius 1 is 1.35 bits per heavy atom. The van der Waals surface area contributed by atoms with E-state index < -0.39 is 0 Å². The lowest BCUT2D eigenvalue weighted by Crippen LogP contribution is -2.45. The zero-order chi connectivity index (χ0) is 12.1. The van der Waals surface area contributed by atoms with Crippen LogP contribution >= 0.6 is 0 Å². The molecule has 1 aliphatic rings. The van der Waals surface area contributed by atoms with Crippen LogP contribution in [0.2, 0.25) is 0 Å². The molecule has 0 aliphatic heterocycles. The fourth-order valence-corrected chi connectivity index (χ4v) is 2.81. The second-order valence-corrected chi connectivity index (χ2v) is 5.17. The molecule has 1 saturated carbocycles. The molecule has 2 rings (SSSR count). The quantitative estimate of drug-likeness (QED) is 0.823. The predicted molar refractivity (Wildman–Crippen MR) is 71.2 cm³/mol. The summed E-state index contributed by atoms with van der Waals surface area (Å²) in [5.74, 6) is 0. The monoisotopic (exact) mass is 236 g/mol. The molecule has 1 heterocycles. The fraction of sp³-hybridized carbons (Fsp3) is 0.769. The van der Waals surface area contributed by atoms with E-state index in [0.29, 0.717) is 5.54 Å². The van der Waals surface area contributed by atoms with Crippen molar-refractivity contribution in [3.8, 4) is 0 Å². The molecule has 4 nitrogen and oxygen atoms in total. The summed E-state index contributed by atoms with van der Waals surface area (Å²) in [4.78, 5) is 0. The standard InChI is InChI=1S/C13H24N4/c1-14-13(6-4-3-5-7-13)8-9-15-12-10-16-17(2)11-12/h10-11,14-15H,3-9H2,1-2H3. The Morgan fingerprint density at radius 2 is 2.12 bits per heavy atom. The van der Waals surface area contributed by atoms with Gasteiger partial charge in [-0.1, -0.05) is 19.3 Å². The van der Waals surface area contributed by atoms with Crippen LogP contribution in [0.3, 0.4) is 0 Å². The number of nitrogens with one attached hydrogen (secondary N) is 2. The highest BCUT2D eigenvalue weighted by Crippen LogP contribution is 2.30. The van der Waals surface area contributed by atoms with Crippen molar-refractivity contribution in [1.82, 2.24) is 15.1 Å². The smallest absolute Gasteiger partial charge is 0.0726 e. The zero-order valence-electron chi connectivity index (χ0n) is 11.0. The summed E-state index contributed by atoms with van der Waals surface area (Å²) >= 11 is 0. The number of aryl methyl sites for hydroxylation is 1. The largest absolute Gasteiger partial charge is 0.382 e. The van der Waals surface area contributed by atoms with Crippen LogP contribution in [0.1, 0.15) is 38.5 Å². The number of aromatic nitrogens is 2. The van der Waals surface area contributed by atoms with Crippen LogP contribution in [0.4, 0.5) is 5.69 Å². The summed E-state index contributed by atoms with van der Waals surface area (Å²) in [5, 5.41) is 11.2. The minimum Gasteiger partial charge on any atom is -0.382 e. The van der Waals surface area contributed by atoms with Gasteiger partial charge in [-0.2, -0.15) is 5.10 Å². The topological polar surface area (TPSA) is 41.9 Å². The summed E-state index contributed by atoms with van der Waals surface area (Å²) < 4.78 is 1.83. The summed E-state index contributed by atoms with van der Waals surface area (Å²) in [6, 6.07) is 0. The van der Waals surface area contributed by atoms with E-state index >= 15 is 0 Å². The summed E-state index contributed by atoms with van der Waals surface area (Å²) in [7, 11) is 4.05. The highest BCUT2D eigenvalue weighted by molar-refractivity contribution is 5.37. The molecule has 0 unspecified atom stereocenters. The van der Waals surface area contributed by atoms with Gasteiger partial charge < -0.3 is 10.6 Å². The van der Waals surface area contributed by atoms with Crippen LogP contribution in [-0.4, -0.2) is 28.9 Å². The number of rotatable bonds is 5. The van der Waals surface area contributed by atoms with E-state index in [1.807, 2.05) is 24.1 Å². The predicted octanol–water partition coefficient (Wildman–Crippen LogP) is 2.14. The van der Waals surface area contributed by atoms with Gasteiger partial charge in [0.2, 0.25) is 0 Å². The third-order valence-corrected chi connectivity index (χ3v) is 3.98. The van der Waals surface area contributed by atoms with Crippen LogP contribution in [0.5, 0.6) is 0 Å². The first-order valence-corrected chi connectivity index (χ1v) is 6.66. The molecule has 96 valence electrons. The number of anilines is 1. The molecule has 4 heteroatoms. The van der Waals surface area contributed by atoms with Crippen molar-refractivity contribution in [1.29, 1.82) is 0 Å². The Hall–Kier alpha value is -1.03. The van der Waals surface area contributed by atoms with Gasteiger partial charge in [-0.25, -0.2) is 0 Å². The van der Waals surface area contributed by atoms with Crippen LogP contribution in [0, 0.1) is 0 Å². The Balaban J connectivity index is 1.79. The molecule has 1 fully saturated rings. The Morgan fingerprint density at radius 3 is 2.71 bits per heavy atom. The highest BCUT2D eigenvalue weighted by Gasteiger charge is 2.29. The van der Waals surface area contributed by atoms with Crippen LogP contribution < -0.4 is 10.6 Å². The van der Waals surface area contributed by atoms with Crippen molar-refractivity contribution in [2.45, 2.75) is 44.1 Å². The van der Waals surface area contributed by atoms with Gasteiger partial charge in [-0.05, 0) is 26.3 Å². The molecule has 1 aromatic heterocycles. The van der Waals surface area contributed by atoms with Gasteiger partial charge in [-0.3, -0.25) is 4.68 Å². The fourth-order valence-electron chi connectivity index (χ4n) is 2.81. The Kier molecular flexibility index (Phi) is 4.05. The highest BCUT2D eigenvalue weighted by atomic mass is 15.3. The van der Waals surface area contributed by atoms with Crippen molar-refractivity contribution >= 4 is 5.69 Å². The van der Waals surface area contributed by atoms with Gasteiger partial charge in [0, 0.05) is 25.3 Å². The summed E-state index contributed by atoms with van der Waals surface area (Å²) in [5.41, 5.74) is 1.49. The first-order valence-electron chi connectivity index (χ1n) is 6.66. The molecule has 17 heavy (non-hydrogen) atoms. The molecule has 0 atom stereocenters. The van der Waals surface area contributed by atoms with E-state index in [4.69, 9.17) is 0 Å². The zero-order valence-corrected chi connectivity index (χ0v) is 11.0. The summed E-state index contributed by atoms with van der Waals surface area (Å²) in [6.45, 7) is 1.02. The number of hydrogen-bond acceptors (Lipinski definition) is 3. The van der Waals surface area contributed by atoms with Crippen LogP contribution in [0.25, 0.3) is 0 Å². The molecule has 0 radical (unpaired) electrons. The maximum atomic E-state index is 4.16. The molecule has 0 spiro atoms. The first-order chi connectivity index (χ1) is 8.24. The van der Waals surface area contributed by atoms with E-state index in [9.17, 15) is 0 Å². The van der Waals surface area contributed by atoms with E-state index in [-0.39, 0.29) is 0 Å². The average molecular weight is 236 g/mol.